The smallest absolute Gasteiger partial charge is 0.221 e. The quantitative estimate of drug-likeness (QED) is 0.303. The lowest BCUT2D eigenvalue weighted by Crippen LogP contribution is -2.53. The molecule has 0 spiro atoms. The van der Waals surface area contributed by atoms with E-state index in [0.717, 1.165) is 43.6 Å². The van der Waals surface area contributed by atoms with E-state index in [1.165, 1.54) is 6.92 Å². The summed E-state index contributed by atoms with van der Waals surface area (Å²) in [7, 11) is 0. The van der Waals surface area contributed by atoms with Crippen LogP contribution in [0, 0.1) is 0 Å². The molecule has 0 aliphatic carbocycles. The first-order valence-corrected chi connectivity index (χ1v) is 13.2. The standard InChI is InChI=1S/C20H40N2O3S.2C2H6/c1-7-19(8-2,22-18(24)12-15-26-11-5)16-25-20(9-3,10-4)13-14-21-17(6)23;2*1-2/h7-16H2,1-6H3,(H,21,23)(H,22,24);2*1-2H3. The van der Waals surface area contributed by atoms with Crippen molar-refractivity contribution < 1.29 is 14.3 Å². The van der Waals surface area contributed by atoms with Crippen molar-refractivity contribution in [2.24, 2.45) is 0 Å². The van der Waals surface area contributed by atoms with Gasteiger partial charge < -0.3 is 15.4 Å². The van der Waals surface area contributed by atoms with Crippen LogP contribution in [0.3, 0.4) is 0 Å². The van der Waals surface area contributed by atoms with E-state index in [-0.39, 0.29) is 23.0 Å². The lowest BCUT2D eigenvalue weighted by atomic mass is 9.90. The van der Waals surface area contributed by atoms with E-state index < -0.39 is 0 Å². The number of thioether (sulfide) groups is 1. The first kappa shape index (κ1) is 33.9. The SMILES string of the molecule is CC.CC.CCSCCC(=O)NC(CC)(CC)COC(CC)(CC)CCNC(C)=O. The molecule has 0 heterocycles. The number of hydrogen-bond donors (Lipinski definition) is 2. The number of hydrogen-bond acceptors (Lipinski definition) is 4. The highest BCUT2D eigenvalue weighted by Crippen LogP contribution is 2.28. The summed E-state index contributed by atoms with van der Waals surface area (Å²) in [6.45, 7) is 21.2. The van der Waals surface area contributed by atoms with Crippen LogP contribution in [-0.4, -0.2) is 47.6 Å². The van der Waals surface area contributed by atoms with E-state index in [1.807, 2.05) is 27.7 Å². The molecule has 6 heteroatoms. The third-order valence-corrected chi connectivity index (χ3v) is 6.23. The highest BCUT2D eigenvalue weighted by Gasteiger charge is 2.34. The normalized spacial score (nSPS) is 10.9. The summed E-state index contributed by atoms with van der Waals surface area (Å²) in [6, 6.07) is 0. The Labute approximate surface area is 192 Å². The van der Waals surface area contributed by atoms with Gasteiger partial charge in [0, 0.05) is 25.6 Å². The van der Waals surface area contributed by atoms with E-state index in [2.05, 4.69) is 45.3 Å². The van der Waals surface area contributed by atoms with Gasteiger partial charge in [-0.1, -0.05) is 62.3 Å². The number of amides is 2. The lowest BCUT2D eigenvalue weighted by molar-refractivity contribution is -0.127. The van der Waals surface area contributed by atoms with Crippen LogP contribution in [0.15, 0.2) is 0 Å². The van der Waals surface area contributed by atoms with E-state index in [4.69, 9.17) is 4.74 Å². The van der Waals surface area contributed by atoms with Gasteiger partial charge in [-0.3, -0.25) is 9.59 Å². The molecule has 0 rings (SSSR count). The van der Waals surface area contributed by atoms with Crippen molar-refractivity contribution in [1.82, 2.24) is 10.6 Å². The highest BCUT2D eigenvalue weighted by atomic mass is 32.2. The van der Waals surface area contributed by atoms with Crippen molar-refractivity contribution in [1.29, 1.82) is 0 Å². The first-order chi connectivity index (χ1) is 14.3. The van der Waals surface area contributed by atoms with Gasteiger partial charge in [0.25, 0.3) is 0 Å². The van der Waals surface area contributed by atoms with E-state index in [1.54, 1.807) is 11.8 Å². The second kappa shape index (κ2) is 21.5. The maximum Gasteiger partial charge on any atom is 0.221 e. The molecule has 2 amide bonds. The van der Waals surface area contributed by atoms with E-state index in [0.29, 0.717) is 19.6 Å². The molecule has 0 atom stereocenters. The minimum atomic E-state index is -0.322. The summed E-state index contributed by atoms with van der Waals surface area (Å²) < 4.78 is 6.41. The van der Waals surface area contributed by atoms with Gasteiger partial charge in [-0.05, 0) is 37.9 Å². The van der Waals surface area contributed by atoms with Crippen LogP contribution in [0.5, 0.6) is 0 Å². The third-order valence-electron chi connectivity index (χ3n) is 5.33. The molecule has 0 saturated carbocycles. The molecule has 0 fully saturated rings. The lowest BCUT2D eigenvalue weighted by Gasteiger charge is -2.39. The Hall–Kier alpha value is -0.750. The number of carbonyl (C=O) groups is 2. The monoisotopic (exact) mass is 448 g/mol. The van der Waals surface area contributed by atoms with Crippen LogP contribution < -0.4 is 10.6 Å². The fourth-order valence-electron chi connectivity index (χ4n) is 2.97. The molecule has 0 aromatic rings. The van der Waals surface area contributed by atoms with Crippen molar-refractivity contribution in [2.45, 2.75) is 119 Å². The molecule has 0 aliphatic heterocycles. The van der Waals surface area contributed by atoms with Gasteiger partial charge in [0.15, 0.2) is 0 Å². The number of rotatable bonds is 15. The van der Waals surface area contributed by atoms with Crippen LogP contribution >= 0.6 is 11.8 Å². The Morgan fingerprint density at radius 1 is 0.900 bits per heavy atom. The van der Waals surface area contributed by atoms with Crippen molar-refractivity contribution in [3.63, 3.8) is 0 Å². The second-order valence-corrected chi connectivity index (χ2v) is 8.29. The zero-order valence-electron chi connectivity index (χ0n) is 21.7. The van der Waals surface area contributed by atoms with Crippen molar-refractivity contribution in [3.8, 4) is 0 Å². The molecule has 182 valence electrons. The highest BCUT2D eigenvalue weighted by molar-refractivity contribution is 7.99. The molecule has 0 saturated heterocycles. The van der Waals surface area contributed by atoms with Crippen LogP contribution in [0.2, 0.25) is 0 Å². The Morgan fingerprint density at radius 2 is 1.43 bits per heavy atom. The van der Waals surface area contributed by atoms with Gasteiger partial charge in [0.1, 0.15) is 0 Å². The average Bonchev–Trinajstić information content (AvgIpc) is 2.78. The van der Waals surface area contributed by atoms with Crippen molar-refractivity contribution in [3.05, 3.63) is 0 Å². The molecule has 0 radical (unpaired) electrons. The molecule has 0 aromatic heterocycles. The zero-order chi connectivity index (χ0) is 24.1. The van der Waals surface area contributed by atoms with Gasteiger partial charge in [0.05, 0.1) is 17.7 Å². The number of ether oxygens (including phenoxy) is 1. The Balaban J connectivity index is -0.00000171. The van der Waals surface area contributed by atoms with Crippen LogP contribution in [0.4, 0.5) is 0 Å². The molecule has 0 aliphatic rings. The van der Waals surface area contributed by atoms with Gasteiger partial charge in [-0.2, -0.15) is 11.8 Å². The summed E-state index contributed by atoms with van der Waals surface area (Å²) in [5.41, 5.74) is -0.585. The summed E-state index contributed by atoms with van der Waals surface area (Å²) >= 11 is 1.79. The van der Waals surface area contributed by atoms with E-state index in [9.17, 15) is 9.59 Å². The fraction of sp³-hybridized carbons (Fsp3) is 0.917. The Bertz CT molecular complexity index is 409. The molecule has 2 N–H and O–H groups in total. The minimum Gasteiger partial charge on any atom is -0.373 e. The molecule has 30 heavy (non-hydrogen) atoms. The van der Waals surface area contributed by atoms with Gasteiger partial charge >= 0.3 is 0 Å². The van der Waals surface area contributed by atoms with Crippen LogP contribution in [-0.2, 0) is 14.3 Å². The van der Waals surface area contributed by atoms with Crippen LogP contribution in [0.1, 0.15) is 108 Å². The predicted molar refractivity (Wildman–Crippen MR) is 134 cm³/mol. The summed E-state index contributed by atoms with van der Waals surface area (Å²) in [4.78, 5) is 23.5. The summed E-state index contributed by atoms with van der Waals surface area (Å²) in [5, 5.41) is 6.10. The summed E-state index contributed by atoms with van der Waals surface area (Å²) in [6.07, 6.45) is 4.78. The second-order valence-electron chi connectivity index (χ2n) is 6.89. The largest absolute Gasteiger partial charge is 0.373 e. The van der Waals surface area contributed by atoms with Crippen molar-refractivity contribution in [2.75, 3.05) is 24.7 Å². The molecule has 0 bridgehead atoms. The molecule has 0 unspecified atom stereocenters. The summed E-state index contributed by atoms with van der Waals surface area (Å²) in [5.74, 6) is 1.99. The fourth-order valence-corrected chi connectivity index (χ4v) is 3.59. The van der Waals surface area contributed by atoms with Gasteiger partial charge in [0.2, 0.25) is 11.8 Å². The maximum absolute atomic E-state index is 12.3. The van der Waals surface area contributed by atoms with E-state index >= 15 is 0 Å². The Kier molecular flexibility index (Phi) is 24.3. The molecular formula is C24H52N2O3S. The number of nitrogens with one attached hydrogen (secondary N) is 2. The molecular weight excluding hydrogens is 396 g/mol. The maximum atomic E-state index is 12.3. The number of carbonyl (C=O) groups excluding carboxylic acids is 2. The minimum absolute atomic E-state index is 0.0141. The van der Waals surface area contributed by atoms with Gasteiger partial charge in [-0.15, -0.1) is 0 Å². The molecule has 5 nitrogen and oxygen atoms in total. The third kappa shape index (κ3) is 15.1. The Morgan fingerprint density at radius 3 is 1.83 bits per heavy atom. The van der Waals surface area contributed by atoms with Crippen LogP contribution in [0.25, 0.3) is 0 Å². The molecule has 0 aromatic carbocycles. The first-order valence-electron chi connectivity index (χ1n) is 12.1. The predicted octanol–water partition coefficient (Wildman–Crippen LogP) is 5.96. The van der Waals surface area contributed by atoms with Crippen molar-refractivity contribution >= 4 is 23.6 Å². The zero-order valence-corrected chi connectivity index (χ0v) is 22.5. The average molecular weight is 449 g/mol. The topological polar surface area (TPSA) is 67.4 Å². The van der Waals surface area contributed by atoms with Gasteiger partial charge in [-0.25, -0.2) is 0 Å².